The van der Waals surface area contributed by atoms with Gasteiger partial charge in [-0.3, -0.25) is 0 Å². The largest absolute Gasteiger partial charge is 0.497 e. The van der Waals surface area contributed by atoms with Crippen LogP contribution in [0.3, 0.4) is 0 Å². The van der Waals surface area contributed by atoms with Gasteiger partial charge in [0.25, 0.3) is 0 Å². The van der Waals surface area contributed by atoms with E-state index < -0.39 is 0 Å². The Kier molecular flexibility index (Phi) is 8.02. The molecule has 1 aromatic carbocycles. The highest BCUT2D eigenvalue weighted by Gasteiger charge is 2.04. The predicted molar refractivity (Wildman–Crippen MR) is 77.0 cm³/mol. The third-order valence-electron chi connectivity index (χ3n) is 3.01. The lowest BCUT2D eigenvalue weighted by Crippen LogP contribution is -2.15. The molecule has 4 nitrogen and oxygen atoms in total. The zero-order valence-corrected chi connectivity index (χ0v) is 12.2. The molecular weight excluding hydrogens is 242 g/mol. The van der Waals surface area contributed by atoms with Crippen LogP contribution in [-0.2, 0) is 11.3 Å². The van der Waals surface area contributed by atoms with Gasteiger partial charge in [0.1, 0.15) is 11.5 Å². The van der Waals surface area contributed by atoms with Gasteiger partial charge in [0.15, 0.2) is 0 Å². The maximum absolute atomic E-state index is 5.34. The number of hydrogen-bond donors (Lipinski definition) is 1. The Morgan fingerprint density at radius 2 is 1.84 bits per heavy atom. The van der Waals surface area contributed by atoms with Crippen molar-refractivity contribution in [3.8, 4) is 11.5 Å². The van der Waals surface area contributed by atoms with Gasteiger partial charge in [0, 0.05) is 25.8 Å². The van der Waals surface area contributed by atoms with E-state index in [1.165, 1.54) is 6.42 Å². The molecule has 0 aliphatic heterocycles. The summed E-state index contributed by atoms with van der Waals surface area (Å²) in [6.07, 6.45) is 3.48. The fraction of sp³-hybridized carbons (Fsp3) is 0.600. The van der Waals surface area contributed by atoms with Crippen LogP contribution >= 0.6 is 0 Å². The molecule has 108 valence electrons. The smallest absolute Gasteiger partial charge is 0.123 e. The van der Waals surface area contributed by atoms with Crippen molar-refractivity contribution in [2.24, 2.45) is 0 Å². The van der Waals surface area contributed by atoms with E-state index in [1.54, 1.807) is 21.3 Å². The summed E-state index contributed by atoms with van der Waals surface area (Å²) >= 11 is 0. The molecule has 0 amide bonds. The molecule has 0 aliphatic rings. The van der Waals surface area contributed by atoms with E-state index in [4.69, 9.17) is 14.2 Å². The molecule has 1 aromatic rings. The van der Waals surface area contributed by atoms with Gasteiger partial charge < -0.3 is 19.5 Å². The Morgan fingerprint density at radius 1 is 1.00 bits per heavy atom. The second-order valence-corrected chi connectivity index (χ2v) is 4.41. The molecule has 0 aliphatic carbocycles. The zero-order chi connectivity index (χ0) is 13.9. The number of rotatable bonds is 10. The quantitative estimate of drug-likeness (QED) is 0.661. The van der Waals surface area contributed by atoms with Crippen LogP contribution in [0.5, 0.6) is 11.5 Å². The Hall–Kier alpha value is -1.26. The number of nitrogens with one attached hydrogen (secondary N) is 1. The second-order valence-electron chi connectivity index (χ2n) is 4.41. The summed E-state index contributed by atoms with van der Waals surface area (Å²) in [7, 11) is 5.11. The highest BCUT2D eigenvalue weighted by molar-refractivity contribution is 5.40. The molecule has 1 N–H and O–H groups in total. The third kappa shape index (κ3) is 5.94. The fourth-order valence-corrected chi connectivity index (χ4v) is 1.92. The topological polar surface area (TPSA) is 39.7 Å². The lowest BCUT2D eigenvalue weighted by atomic mass is 10.2. The average molecular weight is 267 g/mol. The minimum atomic E-state index is 0.796. The highest BCUT2D eigenvalue weighted by atomic mass is 16.5. The summed E-state index contributed by atoms with van der Waals surface area (Å²) in [5, 5.41) is 3.43. The second kappa shape index (κ2) is 9.64. The van der Waals surface area contributed by atoms with Crippen LogP contribution in [0.15, 0.2) is 18.2 Å². The van der Waals surface area contributed by atoms with Crippen molar-refractivity contribution in [2.45, 2.75) is 25.8 Å². The molecular formula is C15H25NO3. The maximum atomic E-state index is 5.34. The van der Waals surface area contributed by atoms with Crippen molar-refractivity contribution < 1.29 is 14.2 Å². The summed E-state index contributed by atoms with van der Waals surface area (Å²) in [6.45, 7) is 2.65. The highest BCUT2D eigenvalue weighted by Crippen LogP contribution is 2.23. The minimum Gasteiger partial charge on any atom is -0.497 e. The fourth-order valence-electron chi connectivity index (χ4n) is 1.92. The van der Waals surface area contributed by atoms with Crippen molar-refractivity contribution in [2.75, 3.05) is 34.5 Å². The Bertz CT molecular complexity index is 355. The lowest BCUT2D eigenvalue weighted by molar-refractivity contribution is 0.192. The predicted octanol–water partition coefficient (Wildman–Crippen LogP) is 2.61. The maximum Gasteiger partial charge on any atom is 0.123 e. The number of hydrogen-bond acceptors (Lipinski definition) is 4. The number of methoxy groups -OCH3 is 3. The molecule has 1 rings (SSSR count). The first kappa shape index (κ1) is 15.8. The van der Waals surface area contributed by atoms with Crippen molar-refractivity contribution in [1.29, 1.82) is 0 Å². The molecule has 0 aromatic heterocycles. The lowest BCUT2D eigenvalue weighted by Gasteiger charge is -2.11. The molecule has 4 heteroatoms. The van der Waals surface area contributed by atoms with Gasteiger partial charge in [-0.25, -0.2) is 0 Å². The molecule has 0 saturated carbocycles. The van der Waals surface area contributed by atoms with Crippen molar-refractivity contribution in [3.63, 3.8) is 0 Å². The minimum absolute atomic E-state index is 0.796. The number of benzene rings is 1. The summed E-state index contributed by atoms with van der Waals surface area (Å²) in [6, 6.07) is 5.86. The van der Waals surface area contributed by atoms with E-state index in [0.29, 0.717) is 0 Å². The molecule has 19 heavy (non-hydrogen) atoms. The Balaban J connectivity index is 2.31. The first-order valence-electron chi connectivity index (χ1n) is 6.72. The normalized spacial score (nSPS) is 10.5. The Morgan fingerprint density at radius 3 is 2.53 bits per heavy atom. The van der Waals surface area contributed by atoms with Gasteiger partial charge in [0.05, 0.1) is 14.2 Å². The van der Waals surface area contributed by atoms with E-state index in [-0.39, 0.29) is 0 Å². The summed E-state index contributed by atoms with van der Waals surface area (Å²) in [4.78, 5) is 0. The van der Waals surface area contributed by atoms with Crippen LogP contribution in [0, 0.1) is 0 Å². The molecule has 0 heterocycles. The van der Waals surface area contributed by atoms with E-state index in [1.807, 2.05) is 18.2 Å². The van der Waals surface area contributed by atoms with E-state index in [9.17, 15) is 0 Å². The molecule has 0 unspecified atom stereocenters. The van der Waals surface area contributed by atoms with Gasteiger partial charge >= 0.3 is 0 Å². The monoisotopic (exact) mass is 267 g/mol. The molecule has 0 fully saturated rings. The Labute approximate surface area is 116 Å². The zero-order valence-electron chi connectivity index (χ0n) is 12.2. The van der Waals surface area contributed by atoms with Crippen LogP contribution in [0.4, 0.5) is 0 Å². The first-order valence-corrected chi connectivity index (χ1v) is 6.72. The van der Waals surface area contributed by atoms with Gasteiger partial charge in [-0.1, -0.05) is 0 Å². The van der Waals surface area contributed by atoms with E-state index in [0.717, 1.165) is 49.6 Å². The average Bonchev–Trinajstić information content (AvgIpc) is 2.46. The van der Waals surface area contributed by atoms with Crippen LogP contribution in [0.2, 0.25) is 0 Å². The van der Waals surface area contributed by atoms with Crippen LogP contribution in [0.1, 0.15) is 24.8 Å². The molecule has 0 radical (unpaired) electrons. The number of unbranched alkanes of at least 4 members (excludes halogenated alkanes) is 2. The van der Waals surface area contributed by atoms with Gasteiger partial charge in [-0.15, -0.1) is 0 Å². The van der Waals surface area contributed by atoms with Crippen LogP contribution < -0.4 is 14.8 Å². The summed E-state index contributed by atoms with van der Waals surface area (Å²) in [5.74, 6) is 1.75. The summed E-state index contributed by atoms with van der Waals surface area (Å²) < 4.78 is 15.6. The van der Waals surface area contributed by atoms with E-state index in [2.05, 4.69) is 5.32 Å². The molecule has 0 spiro atoms. The molecule has 0 atom stereocenters. The molecule has 0 saturated heterocycles. The van der Waals surface area contributed by atoms with Gasteiger partial charge in [-0.05, 0) is 44.0 Å². The molecule has 0 bridgehead atoms. The van der Waals surface area contributed by atoms with Crippen LogP contribution in [0.25, 0.3) is 0 Å². The van der Waals surface area contributed by atoms with E-state index >= 15 is 0 Å². The van der Waals surface area contributed by atoms with Crippen molar-refractivity contribution in [3.05, 3.63) is 23.8 Å². The number of ether oxygens (including phenoxy) is 3. The summed E-state index contributed by atoms with van der Waals surface area (Å²) in [5.41, 5.74) is 1.12. The van der Waals surface area contributed by atoms with Gasteiger partial charge in [-0.2, -0.15) is 0 Å². The standard InChI is InChI=1S/C15H25NO3/c1-17-10-6-4-5-9-16-12-13-11-14(18-2)7-8-15(13)19-3/h7-8,11,16H,4-6,9-10,12H2,1-3H3. The van der Waals surface area contributed by atoms with Crippen molar-refractivity contribution in [1.82, 2.24) is 5.32 Å². The third-order valence-corrected chi connectivity index (χ3v) is 3.01. The van der Waals surface area contributed by atoms with Crippen molar-refractivity contribution >= 4 is 0 Å². The van der Waals surface area contributed by atoms with Gasteiger partial charge in [0.2, 0.25) is 0 Å². The SMILES string of the molecule is COCCCCCNCc1cc(OC)ccc1OC. The van der Waals surface area contributed by atoms with Crippen LogP contribution in [-0.4, -0.2) is 34.5 Å². The first-order chi connectivity index (χ1) is 9.31.